The van der Waals surface area contributed by atoms with Crippen LogP contribution in [-0.4, -0.2) is 42.4 Å². The lowest BCUT2D eigenvalue weighted by Crippen LogP contribution is -2.35. The lowest BCUT2D eigenvalue weighted by Gasteiger charge is -2.26. The monoisotopic (exact) mass is 435 g/mol. The van der Waals surface area contributed by atoms with Gasteiger partial charge in [-0.25, -0.2) is 4.79 Å². The minimum atomic E-state index is -0.650. The van der Waals surface area contributed by atoms with E-state index in [0.29, 0.717) is 19.4 Å². The van der Waals surface area contributed by atoms with Gasteiger partial charge in [0.2, 0.25) is 5.91 Å². The normalized spacial score (nSPS) is 20.0. The number of aryl methyl sites for hydroxylation is 1. The molecule has 32 heavy (non-hydrogen) atoms. The maximum Gasteiger partial charge on any atom is 0.324 e. The molecule has 1 aliphatic heterocycles. The number of methoxy groups -OCH3 is 1. The molecule has 0 radical (unpaired) electrons. The summed E-state index contributed by atoms with van der Waals surface area (Å²) < 4.78 is 5.15. The molecule has 7 nitrogen and oxygen atoms in total. The molecule has 0 saturated carbocycles. The first-order valence-corrected chi connectivity index (χ1v) is 11.2. The minimum Gasteiger partial charge on any atom is -0.497 e. The van der Waals surface area contributed by atoms with Crippen molar-refractivity contribution >= 4 is 17.8 Å². The zero-order chi connectivity index (χ0) is 22.5. The van der Waals surface area contributed by atoms with E-state index in [-0.39, 0.29) is 24.3 Å². The van der Waals surface area contributed by atoms with Crippen molar-refractivity contribution in [1.82, 2.24) is 15.5 Å². The Hall–Kier alpha value is -3.35. The quantitative estimate of drug-likeness (QED) is 0.624. The van der Waals surface area contributed by atoms with Gasteiger partial charge < -0.3 is 15.4 Å². The molecule has 4 rings (SSSR count). The van der Waals surface area contributed by atoms with Gasteiger partial charge in [0.25, 0.3) is 5.91 Å². The third-order valence-electron chi connectivity index (χ3n) is 6.25. The van der Waals surface area contributed by atoms with E-state index in [2.05, 4.69) is 22.8 Å². The van der Waals surface area contributed by atoms with Crippen LogP contribution in [0.5, 0.6) is 5.75 Å². The van der Waals surface area contributed by atoms with Gasteiger partial charge in [-0.2, -0.15) is 0 Å². The molecule has 1 saturated heterocycles. The Morgan fingerprint density at radius 3 is 2.72 bits per heavy atom. The number of amides is 4. The number of carbonyl (C=O) groups is 3. The fourth-order valence-electron chi connectivity index (χ4n) is 4.46. The molecule has 0 unspecified atom stereocenters. The van der Waals surface area contributed by atoms with Crippen molar-refractivity contribution in [3.63, 3.8) is 0 Å². The highest BCUT2D eigenvalue weighted by molar-refractivity contribution is 6.04. The Morgan fingerprint density at radius 1 is 1.16 bits per heavy atom. The Bertz CT molecular complexity index is 989. The van der Waals surface area contributed by atoms with Crippen molar-refractivity contribution < 1.29 is 19.1 Å². The molecule has 1 aliphatic carbocycles. The van der Waals surface area contributed by atoms with Gasteiger partial charge in [0.05, 0.1) is 13.2 Å². The van der Waals surface area contributed by atoms with Crippen molar-refractivity contribution in [3.05, 3.63) is 65.2 Å². The molecule has 168 valence electrons. The number of nitrogens with one attached hydrogen (secondary N) is 2. The van der Waals surface area contributed by atoms with Crippen molar-refractivity contribution in [2.75, 3.05) is 13.7 Å². The average Bonchev–Trinajstić information content (AvgIpc) is 3.09. The van der Waals surface area contributed by atoms with Crippen molar-refractivity contribution in [2.24, 2.45) is 0 Å². The SMILES string of the molecule is COc1ccc(CCN2C(=O)N[C@@H](CCC(=O)N[C@H]3CCCc4ccccc43)C2=O)cc1. The second-order valence-electron chi connectivity index (χ2n) is 8.34. The molecule has 2 aromatic rings. The van der Waals surface area contributed by atoms with Crippen LogP contribution in [0.3, 0.4) is 0 Å². The van der Waals surface area contributed by atoms with E-state index in [0.717, 1.165) is 30.6 Å². The Morgan fingerprint density at radius 2 is 1.94 bits per heavy atom. The van der Waals surface area contributed by atoms with Crippen LogP contribution in [0.1, 0.15) is 48.4 Å². The summed E-state index contributed by atoms with van der Waals surface area (Å²) in [5.41, 5.74) is 3.49. The first kappa shape index (κ1) is 21.9. The molecule has 2 N–H and O–H groups in total. The molecule has 1 fully saturated rings. The molecular weight excluding hydrogens is 406 g/mol. The van der Waals surface area contributed by atoms with Crippen LogP contribution in [0.4, 0.5) is 4.79 Å². The number of benzene rings is 2. The zero-order valence-corrected chi connectivity index (χ0v) is 18.3. The third-order valence-corrected chi connectivity index (χ3v) is 6.25. The van der Waals surface area contributed by atoms with Crippen LogP contribution in [0, 0.1) is 0 Å². The highest BCUT2D eigenvalue weighted by atomic mass is 16.5. The summed E-state index contributed by atoms with van der Waals surface area (Å²) in [6, 6.07) is 14.7. The molecule has 0 spiro atoms. The molecule has 0 bridgehead atoms. The second-order valence-corrected chi connectivity index (χ2v) is 8.34. The lowest BCUT2D eigenvalue weighted by molar-refractivity contribution is -0.127. The van der Waals surface area contributed by atoms with Gasteiger partial charge in [0.15, 0.2) is 0 Å². The van der Waals surface area contributed by atoms with E-state index in [9.17, 15) is 14.4 Å². The van der Waals surface area contributed by atoms with Gasteiger partial charge in [0, 0.05) is 13.0 Å². The van der Waals surface area contributed by atoms with Gasteiger partial charge in [-0.1, -0.05) is 36.4 Å². The van der Waals surface area contributed by atoms with Gasteiger partial charge >= 0.3 is 6.03 Å². The van der Waals surface area contributed by atoms with Crippen LogP contribution in [-0.2, 0) is 22.4 Å². The molecule has 1 heterocycles. The summed E-state index contributed by atoms with van der Waals surface area (Å²) in [6.07, 6.45) is 4.06. The third kappa shape index (κ3) is 4.93. The molecular formula is C25H29N3O4. The first-order valence-electron chi connectivity index (χ1n) is 11.2. The smallest absolute Gasteiger partial charge is 0.324 e. The Labute approximate surface area is 188 Å². The number of ether oxygens (including phenoxy) is 1. The van der Waals surface area contributed by atoms with E-state index in [1.165, 1.54) is 16.0 Å². The maximum atomic E-state index is 12.7. The highest BCUT2D eigenvalue weighted by Gasteiger charge is 2.37. The molecule has 2 atom stereocenters. The van der Waals surface area contributed by atoms with Gasteiger partial charge in [-0.3, -0.25) is 14.5 Å². The largest absolute Gasteiger partial charge is 0.497 e. The van der Waals surface area contributed by atoms with Crippen molar-refractivity contribution in [1.29, 1.82) is 0 Å². The van der Waals surface area contributed by atoms with Gasteiger partial charge in [-0.05, 0) is 60.9 Å². The minimum absolute atomic E-state index is 0.0160. The van der Waals surface area contributed by atoms with Gasteiger partial charge in [0.1, 0.15) is 11.8 Å². The summed E-state index contributed by atoms with van der Waals surface area (Å²) in [4.78, 5) is 38.8. The number of fused-ring (bicyclic) bond motifs is 1. The van der Waals surface area contributed by atoms with E-state index >= 15 is 0 Å². The van der Waals surface area contributed by atoms with E-state index in [1.807, 2.05) is 36.4 Å². The van der Waals surface area contributed by atoms with Gasteiger partial charge in [-0.15, -0.1) is 0 Å². The number of hydrogen-bond acceptors (Lipinski definition) is 4. The van der Waals surface area contributed by atoms with Crippen LogP contribution >= 0.6 is 0 Å². The predicted molar refractivity (Wildman–Crippen MR) is 120 cm³/mol. The Kier molecular flexibility index (Phi) is 6.73. The van der Waals surface area contributed by atoms with Crippen LogP contribution in [0.2, 0.25) is 0 Å². The van der Waals surface area contributed by atoms with Crippen molar-refractivity contribution in [2.45, 2.75) is 50.6 Å². The number of nitrogens with zero attached hydrogens (tertiary/aromatic N) is 1. The van der Waals surface area contributed by atoms with E-state index < -0.39 is 12.1 Å². The predicted octanol–water partition coefficient (Wildman–Crippen LogP) is 3.13. The fourth-order valence-corrected chi connectivity index (χ4v) is 4.46. The van der Waals surface area contributed by atoms with Crippen LogP contribution in [0.15, 0.2) is 48.5 Å². The molecule has 2 aromatic carbocycles. The first-order chi connectivity index (χ1) is 15.5. The van der Waals surface area contributed by atoms with Crippen molar-refractivity contribution in [3.8, 4) is 5.75 Å². The summed E-state index contributed by atoms with van der Waals surface area (Å²) >= 11 is 0. The molecule has 0 aromatic heterocycles. The summed E-state index contributed by atoms with van der Waals surface area (Å²) in [7, 11) is 1.61. The van der Waals surface area contributed by atoms with Crippen LogP contribution < -0.4 is 15.4 Å². The summed E-state index contributed by atoms with van der Waals surface area (Å²) in [5, 5.41) is 5.83. The standard InChI is InChI=1S/C25H29N3O4/c1-32-19-11-9-17(10-12-19)15-16-28-24(30)22(27-25(28)31)13-14-23(29)26-21-8-4-6-18-5-2-3-7-20(18)21/h2-3,5,7,9-12,21-22H,4,6,8,13-16H2,1H3,(H,26,29)(H,27,31)/t21-,22-/m0/s1. The lowest BCUT2D eigenvalue weighted by atomic mass is 9.87. The highest BCUT2D eigenvalue weighted by Crippen LogP contribution is 2.29. The van der Waals surface area contributed by atoms with Crippen LogP contribution in [0.25, 0.3) is 0 Å². The summed E-state index contributed by atoms with van der Waals surface area (Å²) in [5.74, 6) is 0.406. The molecule has 7 heteroatoms. The zero-order valence-electron chi connectivity index (χ0n) is 18.3. The number of carbonyl (C=O) groups excluding carboxylic acids is 3. The van der Waals surface area contributed by atoms with E-state index in [1.54, 1.807) is 7.11 Å². The second kappa shape index (κ2) is 9.85. The fraction of sp³-hybridized carbons (Fsp3) is 0.400. The maximum absolute atomic E-state index is 12.7. The summed E-state index contributed by atoms with van der Waals surface area (Å²) in [6.45, 7) is 0.304. The molecule has 4 amide bonds. The molecule has 2 aliphatic rings. The number of imide groups is 1. The Balaban J connectivity index is 1.26. The average molecular weight is 436 g/mol. The number of rotatable bonds is 8. The number of hydrogen-bond donors (Lipinski definition) is 2. The number of urea groups is 1. The topological polar surface area (TPSA) is 87.7 Å². The van der Waals surface area contributed by atoms with E-state index in [4.69, 9.17) is 4.74 Å².